The first-order valence-electron chi connectivity index (χ1n) is 6.94. The molecule has 3 aromatic carbocycles. The Hall–Kier alpha value is -2.58. The van der Waals surface area contributed by atoms with E-state index in [9.17, 15) is 4.79 Å². The Morgan fingerprint density at radius 2 is 1.59 bits per heavy atom. The van der Waals surface area contributed by atoms with Crippen molar-refractivity contribution in [1.82, 2.24) is 0 Å². The van der Waals surface area contributed by atoms with E-state index >= 15 is 0 Å². The molecule has 1 aromatic heterocycles. The lowest BCUT2D eigenvalue weighted by molar-refractivity contribution is 0.622. The largest absolute Gasteiger partial charge is 0.455 e. The second-order valence-electron chi connectivity index (χ2n) is 5.15. The van der Waals surface area contributed by atoms with Crippen LogP contribution >= 0.6 is 11.6 Å². The van der Waals surface area contributed by atoms with Gasteiger partial charge in [0.25, 0.3) is 0 Å². The molecule has 4 aromatic rings. The van der Waals surface area contributed by atoms with Gasteiger partial charge in [0.2, 0.25) is 0 Å². The van der Waals surface area contributed by atoms with Gasteiger partial charge in [0.15, 0.2) is 5.43 Å². The average Bonchev–Trinajstić information content (AvgIpc) is 2.55. The van der Waals surface area contributed by atoms with Crippen LogP contribution in [0, 0.1) is 0 Å². The predicted molar refractivity (Wildman–Crippen MR) is 90.4 cm³/mol. The van der Waals surface area contributed by atoms with Gasteiger partial charge in [0, 0.05) is 22.0 Å². The van der Waals surface area contributed by atoms with Crippen LogP contribution in [0.4, 0.5) is 0 Å². The van der Waals surface area contributed by atoms with E-state index in [0.29, 0.717) is 21.8 Å². The highest BCUT2D eigenvalue weighted by Crippen LogP contribution is 2.28. The minimum atomic E-state index is -0.0445. The zero-order valence-corrected chi connectivity index (χ0v) is 12.3. The van der Waals surface area contributed by atoms with Crippen LogP contribution in [-0.2, 0) is 0 Å². The van der Waals surface area contributed by atoms with Gasteiger partial charge in [-0.05, 0) is 35.7 Å². The molecule has 22 heavy (non-hydrogen) atoms. The van der Waals surface area contributed by atoms with Crippen LogP contribution in [-0.4, -0.2) is 0 Å². The van der Waals surface area contributed by atoms with E-state index in [4.69, 9.17) is 16.0 Å². The Morgan fingerprint density at radius 3 is 2.41 bits per heavy atom. The Balaban J connectivity index is 2.08. The van der Waals surface area contributed by atoms with Gasteiger partial charge in [-0.2, -0.15) is 0 Å². The normalized spacial score (nSPS) is 11.1. The van der Waals surface area contributed by atoms with E-state index in [2.05, 4.69) is 0 Å². The molecule has 0 saturated carbocycles. The van der Waals surface area contributed by atoms with Crippen LogP contribution in [0.3, 0.4) is 0 Å². The molecule has 0 saturated heterocycles. The first-order valence-corrected chi connectivity index (χ1v) is 7.32. The minimum Gasteiger partial charge on any atom is -0.455 e. The molecule has 0 aliphatic carbocycles. The molecule has 0 amide bonds. The molecule has 0 aliphatic heterocycles. The van der Waals surface area contributed by atoms with Crippen molar-refractivity contribution >= 4 is 33.3 Å². The van der Waals surface area contributed by atoms with Gasteiger partial charge < -0.3 is 4.42 Å². The monoisotopic (exact) mass is 306 g/mol. The maximum atomic E-state index is 12.4. The zero-order chi connectivity index (χ0) is 15.1. The number of fused-ring (bicyclic) bond motifs is 3. The SMILES string of the molecule is O=c1cc(-c2ccc(Cl)cc2)oc2c1ccc1ccccc12. The van der Waals surface area contributed by atoms with E-state index in [1.807, 2.05) is 48.5 Å². The summed E-state index contributed by atoms with van der Waals surface area (Å²) in [6.45, 7) is 0. The summed E-state index contributed by atoms with van der Waals surface area (Å²) in [5, 5.41) is 3.23. The number of halogens is 1. The molecule has 0 fully saturated rings. The topological polar surface area (TPSA) is 30.2 Å². The van der Waals surface area contributed by atoms with Crippen molar-refractivity contribution in [2.24, 2.45) is 0 Å². The third-order valence-electron chi connectivity index (χ3n) is 3.75. The predicted octanol–water partition coefficient (Wildman–Crippen LogP) is 5.27. The summed E-state index contributed by atoms with van der Waals surface area (Å²) in [5.41, 5.74) is 1.41. The number of rotatable bonds is 1. The summed E-state index contributed by atoms with van der Waals surface area (Å²) >= 11 is 5.91. The van der Waals surface area contributed by atoms with Crippen LogP contribution in [0.5, 0.6) is 0 Å². The first-order chi connectivity index (χ1) is 10.7. The quantitative estimate of drug-likeness (QED) is 0.449. The van der Waals surface area contributed by atoms with Gasteiger partial charge in [0.1, 0.15) is 11.3 Å². The van der Waals surface area contributed by atoms with Crippen molar-refractivity contribution in [3.05, 3.63) is 82.0 Å². The van der Waals surface area contributed by atoms with E-state index in [-0.39, 0.29) is 5.43 Å². The van der Waals surface area contributed by atoms with Crippen molar-refractivity contribution in [3.63, 3.8) is 0 Å². The lowest BCUT2D eigenvalue weighted by Gasteiger charge is -2.06. The highest BCUT2D eigenvalue weighted by molar-refractivity contribution is 6.30. The third kappa shape index (κ3) is 2.09. The smallest absolute Gasteiger partial charge is 0.193 e. The van der Waals surface area contributed by atoms with Crippen LogP contribution < -0.4 is 5.43 Å². The Labute approximate surface area is 131 Å². The first kappa shape index (κ1) is 13.1. The molecule has 0 radical (unpaired) electrons. The van der Waals surface area contributed by atoms with Crippen molar-refractivity contribution in [2.75, 3.05) is 0 Å². The zero-order valence-electron chi connectivity index (χ0n) is 11.5. The lowest BCUT2D eigenvalue weighted by atomic mass is 10.1. The summed E-state index contributed by atoms with van der Waals surface area (Å²) < 4.78 is 6.04. The van der Waals surface area contributed by atoms with Gasteiger partial charge in [0.05, 0.1) is 5.39 Å². The summed E-state index contributed by atoms with van der Waals surface area (Å²) in [4.78, 5) is 12.4. The standard InChI is InChI=1S/C19H11ClO2/c20-14-8-5-13(6-9-14)18-11-17(21)16-10-7-12-3-1-2-4-15(12)19(16)22-18/h1-11H. The van der Waals surface area contributed by atoms with Crippen molar-refractivity contribution < 1.29 is 4.42 Å². The van der Waals surface area contributed by atoms with Crippen molar-refractivity contribution in [2.45, 2.75) is 0 Å². The molecule has 0 bridgehead atoms. The Bertz CT molecular complexity index is 1050. The summed E-state index contributed by atoms with van der Waals surface area (Å²) in [5.74, 6) is 0.547. The number of hydrogen-bond acceptors (Lipinski definition) is 2. The highest BCUT2D eigenvalue weighted by atomic mass is 35.5. The summed E-state index contributed by atoms with van der Waals surface area (Å²) in [6, 6.07) is 20.4. The second kappa shape index (κ2) is 5.00. The van der Waals surface area contributed by atoms with E-state index in [1.165, 1.54) is 6.07 Å². The summed E-state index contributed by atoms with van der Waals surface area (Å²) in [6.07, 6.45) is 0. The Morgan fingerprint density at radius 1 is 0.818 bits per heavy atom. The molecule has 4 rings (SSSR count). The number of benzene rings is 3. The molecule has 2 nitrogen and oxygen atoms in total. The van der Waals surface area contributed by atoms with Gasteiger partial charge in [-0.1, -0.05) is 41.9 Å². The molecule has 1 heterocycles. The second-order valence-corrected chi connectivity index (χ2v) is 5.58. The van der Waals surface area contributed by atoms with Crippen LogP contribution in [0.15, 0.2) is 75.9 Å². The molecular weight excluding hydrogens is 296 g/mol. The lowest BCUT2D eigenvalue weighted by Crippen LogP contribution is -2.00. The van der Waals surface area contributed by atoms with E-state index in [1.54, 1.807) is 12.1 Å². The molecule has 0 N–H and O–H groups in total. The maximum Gasteiger partial charge on any atom is 0.193 e. The molecule has 0 spiro atoms. The van der Waals surface area contributed by atoms with Crippen LogP contribution in [0.2, 0.25) is 5.02 Å². The maximum absolute atomic E-state index is 12.4. The van der Waals surface area contributed by atoms with E-state index < -0.39 is 0 Å². The number of hydrogen-bond donors (Lipinski definition) is 0. The van der Waals surface area contributed by atoms with Gasteiger partial charge >= 0.3 is 0 Å². The van der Waals surface area contributed by atoms with Crippen LogP contribution in [0.1, 0.15) is 0 Å². The fourth-order valence-corrected chi connectivity index (χ4v) is 2.77. The van der Waals surface area contributed by atoms with Crippen LogP contribution in [0.25, 0.3) is 33.1 Å². The van der Waals surface area contributed by atoms with Crippen molar-refractivity contribution in [3.8, 4) is 11.3 Å². The molecule has 0 aliphatic rings. The average molecular weight is 307 g/mol. The van der Waals surface area contributed by atoms with Crippen molar-refractivity contribution in [1.29, 1.82) is 0 Å². The third-order valence-corrected chi connectivity index (χ3v) is 4.00. The van der Waals surface area contributed by atoms with Gasteiger partial charge in [-0.3, -0.25) is 4.79 Å². The minimum absolute atomic E-state index is 0.0445. The van der Waals surface area contributed by atoms with Gasteiger partial charge in [-0.15, -0.1) is 0 Å². The van der Waals surface area contributed by atoms with E-state index in [0.717, 1.165) is 16.3 Å². The molecular formula is C19H11ClO2. The molecule has 0 atom stereocenters. The molecule has 3 heteroatoms. The fraction of sp³-hybridized carbons (Fsp3) is 0. The van der Waals surface area contributed by atoms with Gasteiger partial charge in [-0.25, -0.2) is 0 Å². The molecule has 106 valence electrons. The fourth-order valence-electron chi connectivity index (χ4n) is 2.64. The Kier molecular flexibility index (Phi) is 2.98. The molecule has 0 unspecified atom stereocenters. The highest BCUT2D eigenvalue weighted by Gasteiger charge is 2.09. The summed E-state index contributed by atoms with van der Waals surface area (Å²) in [7, 11) is 0.